The zero-order valence-electron chi connectivity index (χ0n) is 14.8. The van der Waals surface area contributed by atoms with Crippen LogP contribution >= 0.6 is 11.6 Å². The number of nitrogens with one attached hydrogen (secondary N) is 2. The summed E-state index contributed by atoms with van der Waals surface area (Å²) in [5.41, 5.74) is 1.85. The molecule has 0 saturated carbocycles. The van der Waals surface area contributed by atoms with Crippen molar-refractivity contribution in [2.45, 2.75) is 13.0 Å². The van der Waals surface area contributed by atoms with E-state index in [1.54, 1.807) is 20.2 Å². The van der Waals surface area contributed by atoms with Crippen molar-refractivity contribution in [2.24, 2.45) is 4.99 Å². The van der Waals surface area contributed by atoms with Crippen LogP contribution in [0, 0.1) is 0 Å². The van der Waals surface area contributed by atoms with Gasteiger partial charge in [-0.25, -0.2) is 0 Å². The summed E-state index contributed by atoms with van der Waals surface area (Å²) in [6, 6.07) is 11.3. The van der Waals surface area contributed by atoms with Crippen LogP contribution in [0.5, 0.6) is 17.2 Å². The fourth-order valence-electron chi connectivity index (χ4n) is 2.60. The number of hydrogen-bond donors (Lipinski definition) is 2. The molecule has 0 spiro atoms. The molecule has 0 radical (unpaired) electrons. The van der Waals surface area contributed by atoms with Gasteiger partial charge in [0.2, 0.25) is 0 Å². The van der Waals surface area contributed by atoms with E-state index in [1.165, 1.54) is 0 Å². The molecule has 2 N–H and O–H groups in total. The average Bonchev–Trinajstić information content (AvgIpc) is 2.90. The van der Waals surface area contributed by atoms with Crippen LogP contribution < -0.4 is 24.8 Å². The summed E-state index contributed by atoms with van der Waals surface area (Å²) < 4.78 is 16.7. The first-order chi connectivity index (χ1) is 12.7. The van der Waals surface area contributed by atoms with E-state index in [0.29, 0.717) is 30.7 Å². The standard InChI is InChI=1S/C19H22ClN3O3/c1-21-19(22-12-13-4-5-14(20)10-17(13)24-2)23-15-6-7-16-18(11-15)26-9-3-8-25-16/h4-7,10-11H,3,8-9,12H2,1-2H3,(H2,21,22,23). The van der Waals surface area contributed by atoms with Gasteiger partial charge in [-0.15, -0.1) is 0 Å². The SMILES string of the molecule is CN=C(NCc1ccc(Cl)cc1OC)Nc1ccc2c(c1)OCCCO2. The summed E-state index contributed by atoms with van der Waals surface area (Å²) in [6.45, 7) is 1.87. The molecule has 2 aromatic carbocycles. The lowest BCUT2D eigenvalue weighted by Gasteiger charge is -2.15. The predicted molar refractivity (Wildman–Crippen MR) is 104 cm³/mol. The summed E-state index contributed by atoms with van der Waals surface area (Å²) in [5, 5.41) is 7.16. The number of anilines is 1. The maximum absolute atomic E-state index is 6.00. The van der Waals surface area contributed by atoms with E-state index in [1.807, 2.05) is 30.3 Å². The first kappa shape index (κ1) is 18.2. The third-order valence-corrected chi connectivity index (χ3v) is 4.16. The number of ether oxygens (including phenoxy) is 3. The molecule has 0 amide bonds. The van der Waals surface area contributed by atoms with Crippen molar-refractivity contribution in [1.29, 1.82) is 0 Å². The van der Waals surface area contributed by atoms with Crippen LogP contribution in [0.3, 0.4) is 0 Å². The molecule has 1 aliphatic heterocycles. The van der Waals surface area contributed by atoms with Crippen molar-refractivity contribution in [3.63, 3.8) is 0 Å². The Morgan fingerprint density at radius 2 is 1.96 bits per heavy atom. The van der Waals surface area contributed by atoms with E-state index < -0.39 is 0 Å². The predicted octanol–water partition coefficient (Wildman–Crippen LogP) is 3.70. The van der Waals surface area contributed by atoms with Gasteiger partial charge in [0.1, 0.15) is 5.75 Å². The van der Waals surface area contributed by atoms with Crippen molar-refractivity contribution in [2.75, 3.05) is 32.7 Å². The Morgan fingerprint density at radius 3 is 2.73 bits per heavy atom. The normalized spacial score (nSPS) is 13.7. The highest BCUT2D eigenvalue weighted by Crippen LogP contribution is 2.32. The lowest BCUT2D eigenvalue weighted by molar-refractivity contribution is 0.297. The van der Waals surface area contributed by atoms with Gasteiger partial charge in [-0.05, 0) is 24.3 Å². The second-order valence-corrected chi connectivity index (χ2v) is 6.16. The zero-order valence-corrected chi connectivity index (χ0v) is 15.6. The lowest BCUT2D eigenvalue weighted by Crippen LogP contribution is -2.30. The first-order valence-corrected chi connectivity index (χ1v) is 8.77. The molecule has 0 atom stereocenters. The van der Waals surface area contributed by atoms with E-state index in [0.717, 1.165) is 34.9 Å². The van der Waals surface area contributed by atoms with Crippen LogP contribution in [-0.4, -0.2) is 33.3 Å². The Morgan fingerprint density at radius 1 is 1.15 bits per heavy atom. The Balaban J connectivity index is 1.66. The second-order valence-electron chi connectivity index (χ2n) is 5.72. The molecule has 0 unspecified atom stereocenters. The zero-order chi connectivity index (χ0) is 18.4. The molecule has 1 heterocycles. The van der Waals surface area contributed by atoms with Crippen LogP contribution in [0.1, 0.15) is 12.0 Å². The molecule has 1 aliphatic rings. The smallest absolute Gasteiger partial charge is 0.195 e. The quantitative estimate of drug-likeness (QED) is 0.630. The minimum atomic E-state index is 0.546. The van der Waals surface area contributed by atoms with Crippen molar-refractivity contribution in [3.8, 4) is 17.2 Å². The summed E-state index contributed by atoms with van der Waals surface area (Å²) >= 11 is 6.00. The molecular formula is C19H22ClN3O3. The number of methoxy groups -OCH3 is 1. The fraction of sp³-hybridized carbons (Fsp3) is 0.316. The molecule has 0 bridgehead atoms. The van der Waals surface area contributed by atoms with E-state index in [9.17, 15) is 0 Å². The monoisotopic (exact) mass is 375 g/mol. The van der Waals surface area contributed by atoms with Gasteiger partial charge in [-0.3, -0.25) is 4.99 Å². The van der Waals surface area contributed by atoms with Gasteiger partial charge in [0.05, 0.1) is 20.3 Å². The third kappa shape index (κ3) is 4.52. The minimum absolute atomic E-state index is 0.546. The van der Waals surface area contributed by atoms with Gasteiger partial charge in [-0.1, -0.05) is 17.7 Å². The lowest BCUT2D eigenvalue weighted by atomic mass is 10.2. The fourth-order valence-corrected chi connectivity index (χ4v) is 2.76. The first-order valence-electron chi connectivity index (χ1n) is 8.39. The van der Waals surface area contributed by atoms with Gasteiger partial charge >= 0.3 is 0 Å². The number of guanidine groups is 1. The highest BCUT2D eigenvalue weighted by molar-refractivity contribution is 6.30. The van der Waals surface area contributed by atoms with Gasteiger partial charge < -0.3 is 24.8 Å². The van der Waals surface area contributed by atoms with Crippen molar-refractivity contribution in [1.82, 2.24) is 5.32 Å². The molecule has 138 valence electrons. The Labute approximate surface area is 158 Å². The van der Waals surface area contributed by atoms with Crippen LogP contribution in [0.4, 0.5) is 5.69 Å². The maximum Gasteiger partial charge on any atom is 0.195 e. The van der Waals surface area contributed by atoms with Gasteiger partial charge in [-0.2, -0.15) is 0 Å². The van der Waals surface area contributed by atoms with Crippen LogP contribution in [0.2, 0.25) is 5.02 Å². The minimum Gasteiger partial charge on any atom is -0.496 e. The van der Waals surface area contributed by atoms with Crippen molar-refractivity contribution in [3.05, 3.63) is 47.0 Å². The van der Waals surface area contributed by atoms with E-state index in [4.69, 9.17) is 25.8 Å². The molecule has 0 fully saturated rings. The highest BCUT2D eigenvalue weighted by atomic mass is 35.5. The number of nitrogens with zero attached hydrogens (tertiary/aromatic N) is 1. The van der Waals surface area contributed by atoms with Crippen LogP contribution in [0.25, 0.3) is 0 Å². The summed E-state index contributed by atoms with van der Waals surface area (Å²) in [7, 11) is 3.34. The largest absolute Gasteiger partial charge is 0.496 e. The number of benzene rings is 2. The molecular weight excluding hydrogens is 354 g/mol. The molecule has 0 aliphatic carbocycles. The average molecular weight is 376 g/mol. The van der Waals surface area contributed by atoms with Gasteiger partial charge in [0.25, 0.3) is 0 Å². The van der Waals surface area contributed by atoms with Gasteiger partial charge in [0.15, 0.2) is 17.5 Å². The van der Waals surface area contributed by atoms with Crippen molar-refractivity contribution >= 4 is 23.2 Å². The summed E-state index contributed by atoms with van der Waals surface area (Å²) in [4.78, 5) is 4.26. The number of rotatable bonds is 4. The summed E-state index contributed by atoms with van der Waals surface area (Å²) in [6.07, 6.45) is 0.879. The topological polar surface area (TPSA) is 64.1 Å². The van der Waals surface area contributed by atoms with E-state index in [2.05, 4.69) is 15.6 Å². The number of hydrogen-bond acceptors (Lipinski definition) is 4. The third-order valence-electron chi connectivity index (χ3n) is 3.93. The number of aliphatic imine (C=N–C) groups is 1. The highest BCUT2D eigenvalue weighted by Gasteiger charge is 2.11. The maximum atomic E-state index is 6.00. The van der Waals surface area contributed by atoms with Crippen molar-refractivity contribution < 1.29 is 14.2 Å². The molecule has 2 aromatic rings. The molecule has 0 saturated heterocycles. The Kier molecular flexibility index (Phi) is 6.07. The Bertz CT molecular complexity index is 796. The van der Waals surface area contributed by atoms with Crippen LogP contribution in [0.15, 0.2) is 41.4 Å². The van der Waals surface area contributed by atoms with E-state index in [-0.39, 0.29) is 0 Å². The molecule has 6 nitrogen and oxygen atoms in total. The second kappa shape index (κ2) is 8.67. The molecule has 3 rings (SSSR count). The Hall–Kier alpha value is -2.60. The molecule has 26 heavy (non-hydrogen) atoms. The summed E-state index contributed by atoms with van der Waals surface area (Å²) in [5.74, 6) is 2.87. The van der Waals surface area contributed by atoms with Gasteiger partial charge in [0, 0.05) is 42.4 Å². The molecule has 0 aromatic heterocycles. The number of halogens is 1. The van der Waals surface area contributed by atoms with E-state index >= 15 is 0 Å². The van der Waals surface area contributed by atoms with Crippen LogP contribution in [-0.2, 0) is 6.54 Å². The molecule has 7 heteroatoms. The number of fused-ring (bicyclic) bond motifs is 1.